The zero-order valence-electron chi connectivity index (χ0n) is 21.0. The smallest absolute Gasteiger partial charge is 0.343 e. The summed E-state index contributed by atoms with van der Waals surface area (Å²) in [4.78, 5) is 31.1. The topological polar surface area (TPSA) is 92.0 Å². The van der Waals surface area contributed by atoms with E-state index in [4.69, 9.17) is 19.2 Å². The number of ether oxygens (including phenoxy) is 3. The summed E-state index contributed by atoms with van der Waals surface area (Å²) in [6, 6.07) is 26.0. The molecule has 9 heteroatoms. The summed E-state index contributed by atoms with van der Waals surface area (Å²) in [5.41, 5.74) is 1.73. The van der Waals surface area contributed by atoms with Crippen LogP contribution in [0.25, 0.3) is 22.3 Å². The summed E-state index contributed by atoms with van der Waals surface area (Å²) >= 11 is 3.45. The Hall–Kier alpha value is -4.76. The molecule has 0 saturated heterocycles. The molecule has 0 N–H and O–H groups in total. The molecule has 0 aliphatic carbocycles. The fraction of sp³-hybridized carbons (Fsp3) is 0.0667. The molecule has 0 spiro atoms. The van der Waals surface area contributed by atoms with Gasteiger partial charge in [-0.05, 0) is 78.9 Å². The zero-order chi connectivity index (χ0) is 27.4. The van der Waals surface area contributed by atoms with Crippen molar-refractivity contribution in [2.45, 2.75) is 0 Å². The van der Waals surface area contributed by atoms with Gasteiger partial charge in [-0.1, -0.05) is 28.1 Å². The molecular formula is C30H22BrN3O5. The fourth-order valence-corrected chi connectivity index (χ4v) is 4.26. The van der Waals surface area contributed by atoms with Crippen LogP contribution in [0.4, 0.5) is 0 Å². The Morgan fingerprint density at radius 1 is 0.897 bits per heavy atom. The maximum absolute atomic E-state index is 13.5. The average molecular weight is 584 g/mol. The lowest BCUT2D eigenvalue weighted by molar-refractivity contribution is 0.0734. The van der Waals surface area contributed by atoms with Gasteiger partial charge in [-0.3, -0.25) is 4.79 Å². The van der Waals surface area contributed by atoms with Crippen LogP contribution in [-0.2, 0) is 0 Å². The van der Waals surface area contributed by atoms with Crippen molar-refractivity contribution >= 4 is 39.0 Å². The van der Waals surface area contributed by atoms with Crippen molar-refractivity contribution in [3.8, 4) is 28.6 Å². The van der Waals surface area contributed by atoms with Gasteiger partial charge in [0.05, 0.1) is 36.9 Å². The third kappa shape index (κ3) is 5.58. The number of carbonyl (C=O) groups excluding carboxylic acids is 1. The molecular weight excluding hydrogens is 562 g/mol. The van der Waals surface area contributed by atoms with Crippen molar-refractivity contribution in [1.29, 1.82) is 0 Å². The Morgan fingerprint density at radius 2 is 1.56 bits per heavy atom. The molecule has 8 nitrogen and oxygen atoms in total. The summed E-state index contributed by atoms with van der Waals surface area (Å²) in [6.45, 7) is 0. The molecule has 0 radical (unpaired) electrons. The van der Waals surface area contributed by atoms with Crippen molar-refractivity contribution in [2.75, 3.05) is 14.2 Å². The van der Waals surface area contributed by atoms with Crippen LogP contribution in [0.1, 0.15) is 15.9 Å². The first-order chi connectivity index (χ1) is 19.0. The van der Waals surface area contributed by atoms with E-state index in [1.807, 2.05) is 18.2 Å². The number of aromatic nitrogens is 2. The number of carbonyl (C=O) groups is 1. The molecule has 1 aromatic heterocycles. The van der Waals surface area contributed by atoms with Gasteiger partial charge in [-0.15, -0.1) is 0 Å². The maximum atomic E-state index is 13.5. The summed E-state index contributed by atoms with van der Waals surface area (Å²) < 4.78 is 18.1. The third-order valence-electron chi connectivity index (χ3n) is 5.91. The van der Waals surface area contributed by atoms with E-state index in [-0.39, 0.29) is 11.3 Å². The van der Waals surface area contributed by atoms with Crippen LogP contribution >= 0.6 is 15.9 Å². The maximum Gasteiger partial charge on any atom is 0.343 e. The second-order valence-corrected chi connectivity index (χ2v) is 9.26. The highest BCUT2D eigenvalue weighted by Gasteiger charge is 2.15. The Balaban J connectivity index is 1.56. The molecule has 4 aromatic carbocycles. The number of halogens is 1. The minimum Gasteiger partial charge on any atom is -0.497 e. The second-order valence-electron chi connectivity index (χ2n) is 8.34. The van der Waals surface area contributed by atoms with Gasteiger partial charge >= 0.3 is 5.97 Å². The van der Waals surface area contributed by atoms with E-state index >= 15 is 0 Å². The van der Waals surface area contributed by atoms with Crippen LogP contribution in [0.3, 0.4) is 0 Å². The third-order valence-corrected chi connectivity index (χ3v) is 6.41. The zero-order valence-corrected chi connectivity index (χ0v) is 22.6. The predicted octanol–water partition coefficient (Wildman–Crippen LogP) is 5.94. The highest BCUT2D eigenvalue weighted by Crippen LogP contribution is 2.25. The molecule has 0 amide bonds. The second kappa shape index (κ2) is 11.3. The Labute approximate surface area is 232 Å². The monoisotopic (exact) mass is 583 g/mol. The lowest BCUT2D eigenvalue weighted by atomic mass is 10.2. The SMILES string of the molecule is COc1ccc(C(=O)Oc2ccc(Br)cc2C=Nn2c(-c3ccc(OC)cc3)nc3ccccc3c2=O)cc1. The lowest BCUT2D eigenvalue weighted by Gasteiger charge is -2.11. The molecule has 0 aliphatic rings. The van der Waals surface area contributed by atoms with Gasteiger partial charge in [0.1, 0.15) is 17.2 Å². The standard InChI is InChI=1S/C30H22BrN3O5/c1-37-23-12-7-19(8-13-23)28-33-26-6-4-3-5-25(26)29(35)34(28)32-18-21-17-22(31)11-16-27(21)39-30(36)20-9-14-24(38-2)15-10-20/h3-18H,1-2H3. The van der Waals surface area contributed by atoms with Crippen LogP contribution < -0.4 is 19.8 Å². The van der Waals surface area contributed by atoms with Crippen molar-refractivity contribution in [3.63, 3.8) is 0 Å². The van der Waals surface area contributed by atoms with Crippen molar-refractivity contribution in [3.05, 3.63) is 117 Å². The quantitative estimate of drug-likeness (QED) is 0.134. The summed E-state index contributed by atoms with van der Waals surface area (Å²) in [5, 5.41) is 4.93. The molecule has 0 aliphatic heterocycles. The highest BCUT2D eigenvalue weighted by atomic mass is 79.9. The van der Waals surface area contributed by atoms with E-state index in [1.54, 1.807) is 87.0 Å². The number of hydrogen-bond donors (Lipinski definition) is 0. The number of rotatable bonds is 7. The molecule has 5 aromatic rings. The number of para-hydroxylation sites is 1. The first-order valence-electron chi connectivity index (χ1n) is 11.8. The molecule has 0 fully saturated rings. The van der Waals surface area contributed by atoms with E-state index < -0.39 is 5.97 Å². The van der Waals surface area contributed by atoms with Gasteiger partial charge < -0.3 is 14.2 Å². The number of fused-ring (bicyclic) bond motifs is 1. The predicted molar refractivity (Wildman–Crippen MR) is 153 cm³/mol. The molecule has 1 heterocycles. The van der Waals surface area contributed by atoms with Gasteiger partial charge in [0, 0.05) is 15.6 Å². The van der Waals surface area contributed by atoms with E-state index in [1.165, 1.54) is 10.9 Å². The molecule has 0 unspecified atom stereocenters. The summed E-state index contributed by atoms with van der Waals surface area (Å²) in [6.07, 6.45) is 1.46. The molecule has 0 saturated carbocycles. The number of benzene rings is 4. The minimum atomic E-state index is -0.543. The largest absolute Gasteiger partial charge is 0.497 e. The van der Waals surface area contributed by atoms with Crippen LogP contribution in [0, 0.1) is 0 Å². The van der Waals surface area contributed by atoms with Gasteiger partial charge in [0.2, 0.25) is 0 Å². The number of nitrogens with zero attached hydrogens (tertiary/aromatic N) is 3. The molecule has 194 valence electrons. The van der Waals surface area contributed by atoms with E-state index in [2.05, 4.69) is 21.0 Å². The van der Waals surface area contributed by atoms with E-state index in [0.29, 0.717) is 44.9 Å². The van der Waals surface area contributed by atoms with Gasteiger partial charge in [-0.25, -0.2) is 9.78 Å². The number of hydrogen-bond acceptors (Lipinski definition) is 7. The summed E-state index contributed by atoms with van der Waals surface area (Å²) in [7, 11) is 3.14. The highest BCUT2D eigenvalue weighted by molar-refractivity contribution is 9.10. The fourth-order valence-electron chi connectivity index (χ4n) is 3.88. The Morgan fingerprint density at radius 3 is 2.26 bits per heavy atom. The van der Waals surface area contributed by atoms with Crippen molar-refractivity contribution in [2.24, 2.45) is 5.10 Å². The summed E-state index contributed by atoms with van der Waals surface area (Å²) in [5.74, 6) is 1.39. The van der Waals surface area contributed by atoms with Gasteiger partial charge in [0.25, 0.3) is 5.56 Å². The van der Waals surface area contributed by atoms with Crippen molar-refractivity contribution in [1.82, 2.24) is 9.66 Å². The average Bonchev–Trinajstić information content (AvgIpc) is 2.98. The lowest BCUT2D eigenvalue weighted by Crippen LogP contribution is -2.20. The first kappa shape index (κ1) is 25.9. The van der Waals surface area contributed by atoms with Gasteiger partial charge in [0.15, 0.2) is 5.82 Å². The first-order valence-corrected chi connectivity index (χ1v) is 12.6. The Bertz CT molecular complexity index is 1750. The normalized spacial score (nSPS) is 11.1. The van der Waals surface area contributed by atoms with Crippen LogP contribution in [0.2, 0.25) is 0 Å². The van der Waals surface area contributed by atoms with Crippen LogP contribution in [0.5, 0.6) is 17.2 Å². The van der Waals surface area contributed by atoms with Gasteiger partial charge in [-0.2, -0.15) is 9.78 Å². The minimum absolute atomic E-state index is 0.274. The van der Waals surface area contributed by atoms with Crippen molar-refractivity contribution < 1.29 is 19.0 Å². The number of methoxy groups -OCH3 is 2. The number of esters is 1. The van der Waals surface area contributed by atoms with E-state index in [0.717, 1.165) is 4.47 Å². The molecule has 0 bridgehead atoms. The Kier molecular flexibility index (Phi) is 7.51. The van der Waals surface area contributed by atoms with Crippen LogP contribution in [-0.4, -0.2) is 36.1 Å². The molecule has 0 atom stereocenters. The van der Waals surface area contributed by atoms with E-state index in [9.17, 15) is 9.59 Å². The molecule has 5 rings (SSSR count). The van der Waals surface area contributed by atoms with Crippen LogP contribution in [0.15, 0.2) is 105 Å². The molecule has 39 heavy (non-hydrogen) atoms.